The van der Waals surface area contributed by atoms with Gasteiger partial charge in [-0.3, -0.25) is 4.79 Å². The van der Waals surface area contributed by atoms with Crippen molar-refractivity contribution in [2.45, 2.75) is 26.3 Å². The van der Waals surface area contributed by atoms with Gasteiger partial charge in [0.15, 0.2) is 5.82 Å². The number of carbonyl (C=O) groups is 1. The summed E-state index contributed by atoms with van der Waals surface area (Å²) in [4.78, 5) is 23.7. The van der Waals surface area contributed by atoms with Gasteiger partial charge in [0.05, 0.1) is 11.9 Å². The largest absolute Gasteiger partial charge is 0.480 e. The van der Waals surface area contributed by atoms with Crippen LogP contribution in [0.4, 0.5) is 14.5 Å². The van der Waals surface area contributed by atoms with E-state index < -0.39 is 29.2 Å². The lowest BCUT2D eigenvalue weighted by molar-refractivity contribution is -0.139. The van der Waals surface area contributed by atoms with E-state index in [-0.39, 0.29) is 22.3 Å². The standard InChI is InChI=1S/C16H16ClF2N3O3/c1-3-8(2)14(16(24)25)21-11-7-20-22(15(23)13(11)17)12-5-4-9(18)6-10(12)19/h4-8,14,21H,3H2,1-2H3,(H,24,25)/t8-,14-/m0/s1. The Hall–Kier alpha value is -2.48. The Morgan fingerprint density at radius 1 is 1.44 bits per heavy atom. The molecule has 1 aromatic heterocycles. The predicted octanol–water partition coefficient (Wildman–Crippen LogP) is 3.08. The number of nitrogens with one attached hydrogen (secondary N) is 1. The van der Waals surface area contributed by atoms with Gasteiger partial charge in [0.25, 0.3) is 5.56 Å². The van der Waals surface area contributed by atoms with Crippen LogP contribution in [0.2, 0.25) is 5.02 Å². The van der Waals surface area contributed by atoms with E-state index in [1.807, 2.05) is 6.92 Å². The molecule has 2 N–H and O–H groups in total. The Balaban J connectivity index is 2.44. The molecule has 0 unspecified atom stereocenters. The van der Waals surface area contributed by atoms with Crippen LogP contribution in [-0.2, 0) is 4.79 Å². The molecule has 2 atom stereocenters. The highest BCUT2D eigenvalue weighted by Gasteiger charge is 2.25. The van der Waals surface area contributed by atoms with Crippen molar-refractivity contribution >= 4 is 23.3 Å². The van der Waals surface area contributed by atoms with Crippen LogP contribution in [0.25, 0.3) is 5.69 Å². The average molecular weight is 372 g/mol. The molecule has 9 heteroatoms. The molecule has 1 heterocycles. The van der Waals surface area contributed by atoms with Crippen molar-refractivity contribution < 1.29 is 18.7 Å². The smallest absolute Gasteiger partial charge is 0.326 e. The van der Waals surface area contributed by atoms with Crippen molar-refractivity contribution in [3.63, 3.8) is 0 Å². The lowest BCUT2D eigenvalue weighted by Gasteiger charge is -2.21. The first-order chi connectivity index (χ1) is 11.8. The second-order valence-corrected chi connectivity index (χ2v) is 5.91. The second kappa shape index (κ2) is 7.60. The molecule has 0 radical (unpaired) electrons. The molecule has 0 amide bonds. The van der Waals surface area contributed by atoms with Crippen LogP contribution in [0, 0.1) is 17.6 Å². The van der Waals surface area contributed by atoms with Crippen molar-refractivity contribution in [2.75, 3.05) is 5.32 Å². The molecular formula is C16H16ClF2N3O3. The number of halogens is 3. The Morgan fingerprint density at radius 2 is 2.12 bits per heavy atom. The van der Waals surface area contributed by atoms with Crippen LogP contribution in [-0.4, -0.2) is 26.9 Å². The number of nitrogens with zero attached hydrogens (tertiary/aromatic N) is 2. The molecular weight excluding hydrogens is 356 g/mol. The zero-order chi connectivity index (χ0) is 18.7. The van der Waals surface area contributed by atoms with E-state index in [0.29, 0.717) is 17.2 Å². The van der Waals surface area contributed by atoms with Gasteiger partial charge in [-0.15, -0.1) is 0 Å². The summed E-state index contributed by atoms with van der Waals surface area (Å²) in [6.45, 7) is 3.57. The fourth-order valence-corrected chi connectivity index (χ4v) is 2.39. The molecule has 2 aromatic rings. The molecule has 134 valence electrons. The van der Waals surface area contributed by atoms with Gasteiger partial charge in [-0.25, -0.2) is 13.6 Å². The van der Waals surface area contributed by atoms with Crippen molar-refractivity contribution in [3.8, 4) is 5.69 Å². The van der Waals surface area contributed by atoms with E-state index in [0.717, 1.165) is 18.3 Å². The summed E-state index contributed by atoms with van der Waals surface area (Å²) >= 11 is 6.00. The summed E-state index contributed by atoms with van der Waals surface area (Å²) in [6.07, 6.45) is 1.72. The quantitative estimate of drug-likeness (QED) is 0.815. The Morgan fingerprint density at radius 3 is 2.68 bits per heavy atom. The molecule has 0 aliphatic carbocycles. The molecule has 0 bridgehead atoms. The van der Waals surface area contributed by atoms with E-state index in [9.17, 15) is 23.5 Å². The van der Waals surface area contributed by atoms with Crippen molar-refractivity contribution in [2.24, 2.45) is 5.92 Å². The second-order valence-electron chi connectivity index (χ2n) is 5.53. The van der Waals surface area contributed by atoms with E-state index >= 15 is 0 Å². The molecule has 0 aliphatic rings. The van der Waals surface area contributed by atoms with Crippen molar-refractivity contribution in [1.82, 2.24) is 9.78 Å². The van der Waals surface area contributed by atoms with Gasteiger partial charge >= 0.3 is 5.97 Å². The number of carboxylic acids is 1. The van der Waals surface area contributed by atoms with Crippen LogP contribution in [0.1, 0.15) is 20.3 Å². The first-order valence-electron chi connectivity index (χ1n) is 7.48. The third-order valence-electron chi connectivity index (χ3n) is 3.85. The van der Waals surface area contributed by atoms with Crippen molar-refractivity contribution in [3.05, 3.63) is 51.4 Å². The molecule has 0 saturated carbocycles. The molecule has 6 nitrogen and oxygen atoms in total. The molecule has 0 fully saturated rings. The summed E-state index contributed by atoms with van der Waals surface area (Å²) in [6, 6.07) is 1.69. The monoisotopic (exact) mass is 371 g/mol. The molecule has 0 saturated heterocycles. The van der Waals surface area contributed by atoms with Crippen molar-refractivity contribution in [1.29, 1.82) is 0 Å². The van der Waals surface area contributed by atoms with Crippen LogP contribution < -0.4 is 10.9 Å². The third kappa shape index (κ3) is 3.96. The number of aromatic nitrogens is 2. The van der Waals surface area contributed by atoms with E-state index in [2.05, 4.69) is 10.4 Å². The summed E-state index contributed by atoms with van der Waals surface area (Å²) < 4.78 is 27.5. The lowest BCUT2D eigenvalue weighted by Crippen LogP contribution is -2.36. The van der Waals surface area contributed by atoms with E-state index in [1.54, 1.807) is 6.92 Å². The highest BCUT2D eigenvalue weighted by Crippen LogP contribution is 2.21. The molecule has 25 heavy (non-hydrogen) atoms. The van der Waals surface area contributed by atoms with E-state index in [4.69, 9.17) is 11.6 Å². The lowest BCUT2D eigenvalue weighted by atomic mass is 9.99. The predicted molar refractivity (Wildman–Crippen MR) is 89.3 cm³/mol. The van der Waals surface area contributed by atoms with E-state index in [1.165, 1.54) is 0 Å². The first kappa shape index (κ1) is 18.9. The summed E-state index contributed by atoms with van der Waals surface area (Å²) in [7, 11) is 0. The Bertz CT molecular complexity index is 857. The van der Waals surface area contributed by atoms with Crippen LogP contribution in [0.15, 0.2) is 29.2 Å². The summed E-state index contributed by atoms with van der Waals surface area (Å²) in [5.41, 5.74) is -1.10. The summed E-state index contributed by atoms with van der Waals surface area (Å²) in [5.74, 6) is -3.10. The zero-order valence-electron chi connectivity index (χ0n) is 13.5. The van der Waals surface area contributed by atoms with Crippen LogP contribution in [0.5, 0.6) is 0 Å². The number of aliphatic carboxylic acids is 1. The Kier molecular flexibility index (Phi) is 5.73. The minimum Gasteiger partial charge on any atom is -0.480 e. The number of carboxylic acid groups (broad SMARTS) is 1. The van der Waals surface area contributed by atoms with Gasteiger partial charge < -0.3 is 10.4 Å². The minimum absolute atomic E-state index is 0.0261. The molecule has 2 rings (SSSR count). The Labute approximate surface area is 147 Å². The van der Waals surface area contributed by atoms with Crippen LogP contribution >= 0.6 is 11.6 Å². The van der Waals surface area contributed by atoms with Gasteiger partial charge in [0, 0.05) is 6.07 Å². The van der Waals surface area contributed by atoms with Gasteiger partial charge in [0.1, 0.15) is 22.6 Å². The maximum Gasteiger partial charge on any atom is 0.326 e. The van der Waals surface area contributed by atoms with Gasteiger partial charge in [-0.1, -0.05) is 31.9 Å². The fourth-order valence-electron chi connectivity index (χ4n) is 2.21. The maximum absolute atomic E-state index is 13.8. The van der Waals surface area contributed by atoms with Gasteiger partial charge in [-0.2, -0.15) is 9.78 Å². The minimum atomic E-state index is -1.10. The van der Waals surface area contributed by atoms with Gasteiger partial charge in [-0.05, 0) is 18.1 Å². The summed E-state index contributed by atoms with van der Waals surface area (Å²) in [5, 5.41) is 15.4. The highest BCUT2D eigenvalue weighted by molar-refractivity contribution is 6.33. The topological polar surface area (TPSA) is 84.2 Å². The highest BCUT2D eigenvalue weighted by atomic mass is 35.5. The van der Waals surface area contributed by atoms with Gasteiger partial charge in [0.2, 0.25) is 0 Å². The molecule has 0 aliphatic heterocycles. The number of rotatable bonds is 6. The normalized spacial score (nSPS) is 13.3. The SMILES string of the molecule is CC[C@H](C)[C@H](Nc1cnn(-c2ccc(F)cc2F)c(=O)c1Cl)C(=O)O. The average Bonchev–Trinajstić information content (AvgIpc) is 2.56. The molecule has 1 aromatic carbocycles. The number of hydrogen-bond acceptors (Lipinski definition) is 4. The number of anilines is 1. The number of hydrogen-bond donors (Lipinski definition) is 2. The maximum atomic E-state index is 13.8. The third-order valence-corrected chi connectivity index (χ3v) is 4.21. The first-order valence-corrected chi connectivity index (χ1v) is 7.86. The molecule has 0 spiro atoms. The zero-order valence-corrected chi connectivity index (χ0v) is 14.2. The van der Waals surface area contributed by atoms with Crippen LogP contribution in [0.3, 0.4) is 0 Å². The fraction of sp³-hybridized carbons (Fsp3) is 0.312. The number of benzene rings is 1.